The summed E-state index contributed by atoms with van der Waals surface area (Å²) in [5, 5.41) is 11.1. The van der Waals surface area contributed by atoms with Crippen molar-refractivity contribution in [2.24, 2.45) is 0 Å². The summed E-state index contributed by atoms with van der Waals surface area (Å²) in [7, 11) is 0. The number of hydrogen-bond acceptors (Lipinski definition) is 2. The molecular weight excluding hydrogens is 330 g/mol. The number of hydrogen-bond donors (Lipinski definition) is 0. The van der Waals surface area contributed by atoms with Crippen LogP contribution in [0.2, 0.25) is 0 Å². The van der Waals surface area contributed by atoms with E-state index in [4.69, 9.17) is 0 Å². The second kappa shape index (κ2) is 5.98. The molecule has 3 nitrogen and oxygen atoms in total. The molecule has 1 aliphatic carbocycles. The number of para-hydroxylation sites is 1. The fourth-order valence-corrected chi connectivity index (χ4v) is 3.59. The largest absolute Gasteiger partial charge is 0.272 e. The van der Waals surface area contributed by atoms with E-state index in [1.165, 1.54) is 29.5 Å². The van der Waals surface area contributed by atoms with Crippen molar-refractivity contribution in [1.82, 2.24) is 0 Å². The van der Waals surface area contributed by atoms with Gasteiger partial charge >= 0.3 is 0 Å². The van der Waals surface area contributed by atoms with Crippen molar-refractivity contribution in [3.8, 4) is 0 Å². The lowest BCUT2D eigenvalue weighted by Gasteiger charge is -2.12. The standard InChI is InChI=1S/C17H16BrNO2/c18-16(11-15-4-1-2-7-17(15)19(20)21)14-9-8-12-5-3-6-13(12)10-14/h1-2,4,7-10,16H,3,5-6,11H2. The van der Waals surface area contributed by atoms with Gasteiger partial charge in [0, 0.05) is 16.5 Å². The van der Waals surface area contributed by atoms with Crippen LogP contribution in [0, 0.1) is 10.1 Å². The first kappa shape index (κ1) is 14.3. The number of rotatable bonds is 4. The van der Waals surface area contributed by atoms with Gasteiger partial charge in [-0.05, 0) is 42.4 Å². The molecule has 0 saturated heterocycles. The molecule has 0 aromatic heterocycles. The van der Waals surface area contributed by atoms with Gasteiger partial charge in [0.15, 0.2) is 0 Å². The molecule has 0 fully saturated rings. The van der Waals surface area contributed by atoms with E-state index in [2.05, 4.69) is 34.1 Å². The highest BCUT2D eigenvalue weighted by molar-refractivity contribution is 9.09. The molecule has 0 aliphatic heterocycles. The zero-order valence-electron chi connectivity index (χ0n) is 11.6. The average molecular weight is 346 g/mol. The molecule has 0 heterocycles. The summed E-state index contributed by atoms with van der Waals surface area (Å²) in [6.45, 7) is 0. The maximum Gasteiger partial charge on any atom is 0.272 e. The van der Waals surface area contributed by atoms with Gasteiger partial charge in [-0.3, -0.25) is 10.1 Å². The van der Waals surface area contributed by atoms with Crippen LogP contribution in [0.25, 0.3) is 0 Å². The Bertz CT molecular complexity index is 684. The van der Waals surface area contributed by atoms with Gasteiger partial charge in [-0.25, -0.2) is 0 Å². The summed E-state index contributed by atoms with van der Waals surface area (Å²) in [6, 6.07) is 13.5. The highest BCUT2D eigenvalue weighted by Gasteiger charge is 2.18. The molecule has 2 aromatic rings. The van der Waals surface area contributed by atoms with Crippen LogP contribution < -0.4 is 0 Å². The van der Waals surface area contributed by atoms with Crippen LogP contribution in [0.5, 0.6) is 0 Å². The van der Waals surface area contributed by atoms with Gasteiger partial charge in [0.25, 0.3) is 5.69 Å². The summed E-state index contributed by atoms with van der Waals surface area (Å²) in [4.78, 5) is 10.9. The van der Waals surface area contributed by atoms with Crippen molar-refractivity contribution in [1.29, 1.82) is 0 Å². The number of fused-ring (bicyclic) bond motifs is 1. The molecular formula is C17H16BrNO2. The van der Waals surface area contributed by atoms with Gasteiger partial charge < -0.3 is 0 Å². The van der Waals surface area contributed by atoms with E-state index in [-0.39, 0.29) is 15.4 Å². The number of nitrogens with zero attached hydrogens (tertiary/aromatic N) is 1. The molecule has 0 N–H and O–H groups in total. The Balaban J connectivity index is 1.83. The molecule has 1 atom stereocenters. The molecule has 0 spiro atoms. The van der Waals surface area contributed by atoms with Gasteiger partial charge in [0.1, 0.15) is 0 Å². The summed E-state index contributed by atoms with van der Waals surface area (Å²) in [5.74, 6) is 0. The molecule has 0 amide bonds. The van der Waals surface area contributed by atoms with Crippen LogP contribution in [0.15, 0.2) is 42.5 Å². The Labute approximate surface area is 132 Å². The van der Waals surface area contributed by atoms with Crippen LogP contribution in [-0.2, 0) is 19.3 Å². The molecule has 1 unspecified atom stereocenters. The van der Waals surface area contributed by atoms with Crippen molar-refractivity contribution in [2.45, 2.75) is 30.5 Å². The average Bonchev–Trinajstić information content (AvgIpc) is 2.94. The fourth-order valence-electron chi connectivity index (χ4n) is 2.96. The van der Waals surface area contributed by atoms with Crippen LogP contribution in [0.1, 0.15) is 33.5 Å². The van der Waals surface area contributed by atoms with Gasteiger partial charge in [-0.2, -0.15) is 0 Å². The van der Waals surface area contributed by atoms with Crippen molar-refractivity contribution >= 4 is 21.6 Å². The number of nitro groups is 1. The Kier molecular flexibility index (Phi) is 4.06. The highest BCUT2D eigenvalue weighted by atomic mass is 79.9. The van der Waals surface area contributed by atoms with E-state index < -0.39 is 0 Å². The van der Waals surface area contributed by atoms with Crippen LogP contribution in [0.3, 0.4) is 0 Å². The van der Waals surface area contributed by atoms with Crippen molar-refractivity contribution < 1.29 is 4.92 Å². The maximum absolute atomic E-state index is 11.1. The minimum atomic E-state index is -0.308. The summed E-state index contributed by atoms with van der Waals surface area (Å²) in [6.07, 6.45) is 4.17. The van der Waals surface area contributed by atoms with Crippen molar-refractivity contribution in [3.05, 3.63) is 74.8 Å². The predicted octanol–water partition coefficient (Wildman–Crippen LogP) is 4.76. The van der Waals surface area contributed by atoms with Gasteiger partial charge in [-0.1, -0.05) is 52.3 Å². The Hall–Kier alpha value is -1.68. The monoisotopic (exact) mass is 345 g/mol. The zero-order valence-corrected chi connectivity index (χ0v) is 13.2. The molecule has 0 radical (unpaired) electrons. The number of alkyl halides is 1. The van der Waals surface area contributed by atoms with Gasteiger partial charge in [-0.15, -0.1) is 0 Å². The predicted molar refractivity (Wildman–Crippen MR) is 86.9 cm³/mol. The topological polar surface area (TPSA) is 43.1 Å². The lowest BCUT2D eigenvalue weighted by Crippen LogP contribution is -2.00. The normalized spacial score (nSPS) is 14.7. The van der Waals surface area contributed by atoms with Crippen molar-refractivity contribution in [2.75, 3.05) is 0 Å². The summed E-state index contributed by atoms with van der Waals surface area (Å²) < 4.78 is 0. The van der Waals surface area contributed by atoms with E-state index in [0.29, 0.717) is 6.42 Å². The zero-order chi connectivity index (χ0) is 14.8. The van der Waals surface area contributed by atoms with Crippen LogP contribution in [-0.4, -0.2) is 4.92 Å². The number of aryl methyl sites for hydroxylation is 2. The first-order valence-electron chi connectivity index (χ1n) is 7.13. The minimum absolute atomic E-state index is 0.101. The third-order valence-corrected chi connectivity index (χ3v) is 4.92. The molecule has 3 rings (SSSR count). The van der Waals surface area contributed by atoms with E-state index in [9.17, 15) is 10.1 Å². The smallest absolute Gasteiger partial charge is 0.258 e. The first-order chi connectivity index (χ1) is 10.1. The first-order valence-corrected chi connectivity index (χ1v) is 8.05. The van der Waals surface area contributed by atoms with E-state index >= 15 is 0 Å². The molecule has 0 saturated carbocycles. The van der Waals surface area contributed by atoms with Gasteiger partial charge in [0.2, 0.25) is 0 Å². The lowest BCUT2D eigenvalue weighted by molar-refractivity contribution is -0.385. The minimum Gasteiger partial charge on any atom is -0.258 e. The quantitative estimate of drug-likeness (QED) is 0.455. The molecule has 4 heteroatoms. The van der Waals surface area contributed by atoms with Crippen molar-refractivity contribution in [3.63, 3.8) is 0 Å². The second-order valence-electron chi connectivity index (χ2n) is 5.44. The number of halogens is 1. The Morgan fingerprint density at radius 1 is 1.14 bits per heavy atom. The summed E-state index contributed by atoms with van der Waals surface area (Å²) in [5.41, 5.74) is 5.05. The highest BCUT2D eigenvalue weighted by Crippen LogP contribution is 2.33. The Morgan fingerprint density at radius 2 is 1.90 bits per heavy atom. The number of benzene rings is 2. The number of nitro benzene ring substituents is 1. The molecule has 0 bridgehead atoms. The van der Waals surface area contributed by atoms with Crippen LogP contribution >= 0.6 is 15.9 Å². The fraction of sp³-hybridized carbons (Fsp3) is 0.294. The lowest BCUT2D eigenvalue weighted by atomic mass is 9.99. The van der Waals surface area contributed by atoms with E-state index in [1.54, 1.807) is 12.1 Å². The molecule has 1 aliphatic rings. The molecule has 108 valence electrons. The maximum atomic E-state index is 11.1. The third kappa shape index (κ3) is 3.00. The van der Waals surface area contributed by atoms with E-state index in [0.717, 1.165) is 12.0 Å². The molecule has 2 aromatic carbocycles. The van der Waals surface area contributed by atoms with Gasteiger partial charge in [0.05, 0.1) is 4.92 Å². The van der Waals surface area contributed by atoms with Crippen LogP contribution in [0.4, 0.5) is 5.69 Å². The second-order valence-corrected chi connectivity index (χ2v) is 6.54. The third-order valence-electron chi connectivity index (χ3n) is 4.07. The summed E-state index contributed by atoms with van der Waals surface area (Å²) >= 11 is 3.69. The van der Waals surface area contributed by atoms with E-state index in [1.807, 2.05) is 12.1 Å². The molecule has 21 heavy (non-hydrogen) atoms. The SMILES string of the molecule is O=[N+]([O-])c1ccccc1CC(Br)c1ccc2c(c1)CCC2. The Morgan fingerprint density at radius 3 is 2.71 bits per heavy atom.